The third kappa shape index (κ3) is 5.68. The molecule has 0 saturated carbocycles. The van der Waals surface area contributed by atoms with E-state index in [9.17, 15) is 4.79 Å². The molecule has 5 nitrogen and oxygen atoms in total. The molecule has 6 heteroatoms. The number of hydrogen-bond donors (Lipinski definition) is 2. The van der Waals surface area contributed by atoms with E-state index in [4.69, 9.17) is 4.74 Å². The fraction of sp³-hybridized carbons (Fsp3) is 0.400. The summed E-state index contributed by atoms with van der Waals surface area (Å²) in [4.78, 5) is 16.7. The number of allylic oxidation sites excluding steroid dienone is 1. The molecule has 0 saturated heterocycles. The first-order valence-electron chi connectivity index (χ1n) is 8.56. The molecule has 140 valence electrons. The first-order chi connectivity index (χ1) is 12.3. The van der Waals surface area contributed by atoms with Crippen molar-refractivity contribution in [3.8, 4) is 0 Å². The molecule has 2 rings (SSSR count). The number of benzene rings is 1. The van der Waals surface area contributed by atoms with Crippen LogP contribution in [0.1, 0.15) is 42.6 Å². The molecular weight excluding hydrogens is 346 g/mol. The van der Waals surface area contributed by atoms with Gasteiger partial charge in [-0.05, 0) is 38.0 Å². The summed E-state index contributed by atoms with van der Waals surface area (Å²) >= 11 is 1.57. The zero-order chi connectivity index (χ0) is 19.2. The maximum absolute atomic E-state index is 12.3. The first-order valence-corrected chi connectivity index (χ1v) is 9.44. The Morgan fingerprint density at radius 2 is 2.15 bits per heavy atom. The van der Waals surface area contributed by atoms with Crippen molar-refractivity contribution in [3.05, 3.63) is 58.1 Å². The summed E-state index contributed by atoms with van der Waals surface area (Å²) in [5.74, 6) is 0. The number of hydrogen-bond acceptors (Lipinski definition) is 4. The number of thiazole rings is 1. The Kier molecular flexibility index (Phi) is 6.94. The van der Waals surface area contributed by atoms with Crippen LogP contribution >= 0.6 is 11.3 Å². The SMILES string of the molecule is C=C(C)c1cccc(C(C)(C)NC(=O)NCCc2csc(COC)n2)c1. The minimum absolute atomic E-state index is 0.192. The minimum atomic E-state index is -0.484. The van der Waals surface area contributed by atoms with Gasteiger partial charge in [0.05, 0.1) is 17.8 Å². The molecular formula is C20H27N3O2S. The Morgan fingerprint density at radius 1 is 1.38 bits per heavy atom. The van der Waals surface area contributed by atoms with Crippen LogP contribution in [0.15, 0.2) is 36.2 Å². The summed E-state index contributed by atoms with van der Waals surface area (Å²) < 4.78 is 5.07. The molecule has 0 atom stereocenters. The molecule has 1 aromatic heterocycles. The predicted molar refractivity (Wildman–Crippen MR) is 107 cm³/mol. The van der Waals surface area contributed by atoms with Crippen molar-refractivity contribution in [1.82, 2.24) is 15.6 Å². The highest BCUT2D eigenvalue weighted by Gasteiger charge is 2.23. The summed E-state index contributed by atoms with van der Waals surface area (Å²) in [7, 11) is 1.65. The molecule has 0 unspecified atom stereocenters. The van der Waals surface area contributed by atoms with Gasteiger partial charge in [-0.1, -0.05) is 30.4 Å². The molecule has 0 aliphatic heterocycles. The number of ether oxygens (including phenoxy) is 1. The zero-order valence-electron chi connectivity index (χ0n) is 15.9. The van der Waals surface area contributed by atoms with Crippen LogP contribution in [0.4, 0.5) is 4.79 Å². The van der Waals surface area contributed by atoms with Crippen LogP contribution in [0.25, 0.3) is 5.57 Å². The molecule has 0 fully saturated rings. The number of carbonyl (C=O) groups is 1. The van der Waals surface area contributed by atoms with Gasteiger partial charge in [0.15, 0.2) is 0 Å². The van der Waals surface area contributed by atoms with Gasteiger partial charge in [-0.3, -0.25) is 0 Å². The third-order valence-corrected chi connectivity index (χ3v) is 4.91. The highest BCUT2D eigenvalue weighted by molar-refractivity contribution is 7.09. The molecule has 0 spiro atoms. The highest BCUT2D eigenvalue weighted by atomic mass is 32.1. The second-order valence-corrected chi connectivity index (χ2v) is 7.73. The second-order valence-electron chi connectivity index (χ2n) is 6.78. The Labute approximate surface area is 159 Å². The Hall–Kier alpha value is -2.18. The number of rotatable bonds is 8. The van der Waals surface area contributed by atoms with Crippen LogP contribution in [0.2, 0.25) is 0 Å². The molecule has 0 bridgehead atoms. The molecule has 0 aliphatic carbocycles. The molecule has 2 N–H and O–H groups in total. The topological polar surface area (TPSA) is 63.2 Å². The van der Waals surface area contributed by atoms with Crippen LogP contribution in [0, 0.1) is 0 Å². The van der Waals surface area contributed by atoms with E-state index < -0.39 is 5.54 Å². The van der Waals surface area contributed by atoms with Crippen molar-refractivity contribution < 1.29 is 9.53 Å². The van der Waals surface area contributed by atoms with E-state index in [2.05, 4.69) is 28.3 Å². The normalized spacial score (nSPS) is 11.2. The van der Waals surface area contributed by atoms with E-state index in [0.717, 1.165) is 27.4 Å². The Balaban J connectivity index is 1.87. The smallest absolute Gasteiger partial charge is 0.315 e. The fourth-order valence-corrected chi connectivity index (χ4v) is 3.33. The Bertz CT molecular complexity index is 768. The number of urea groups is 1. The molecule has 0 aliphatic rings. The largest absolute Gasteiger partial charge is 0.378 e. The molecule has 0 radical (unpaired) electrons. The maximum atomic E-state index is 12.3. The average Bonchev–Trinajstić information content (AvgIpc) is 3.02. The van der Waals surface area contributed by atoms with Gasteiger partial charge in [0.2, 0.25) is 0 Å². The van der Waals surface area contributed by atoms with Gasteiger partial charge >= 0.3 is 6.03 Å². The lowest BCUT2D eigenvalue weighted by atomic mass is 9.92. The predicted octanol–water partition coefficient (Wildman–Crippen LogP) is 4.10. The lowest BCUT2D eigenvalue weighted by Gasteiger charge is -2.27. The van der Waals surface area contributed by atoms with Crippen LogP contribution in [-0.4, -0.2) is 24.7 Å². The van der Waals surface area contributed by atoms with Gasteiger partial charge in [-0.15, -0.1) is 11.3 Å². The van der Waals surface area contributed by atoms with E-state index in [1.807, 2.05) is 44.4 Å². The number of carbonyl (C=O) groups excluding carboxylic acids is 1. The summed E-state index contributed by atoms with van der Waals surface area (Å²) in [6.45, 7) is 11.0. The van der Waals surface area contributed by atoms with Crippen molar-refractivity contribution in [1.29, 1.82) is 0 Å². The first kappa shape index (κ1) is 20.1. The van der Waals surface area contributed by atoms with E-state index in [-0.39, 0.29) is 6.03 Å². The van der Waals surface area contributed by atoms with E-state index in [1.165, 1.54) is 0 Å². The number of aromatic nitrogens is 1. The quantitative estimate of drug-likeness (QED) is 0.732. The summed E-state index contributed by atoms with van der Waals surface area (Å²) in [5.41, 5.74) is 3.60. The van der Waals surface area contributed by atoms with Gasteiger partial charge < -0.3 is 15.4 Å². The summed E-state index contributed by atoms with van der Waals surface area (Å²) in [6.07, 6.45) is 0.694. The summed E-state index contributed by atoms with van der Waals surface area (Å²) in [5, 5.41) is 8.88. The van der Waals surface area contributed by atoms with Crippen molar-refractivity contribution in [2.45, 2.75) is 39.3 Å². The van der Waals surface area contributed by atoms with Crippen LogP contribution in [0.3, 0.4) is 0 Å². The molecule has 1 aromatic carbocycles. The fourth-order valence-electron chi connectivity index (χ4n) is 2.53. The van der Waals surface area contributed by atoms with Crippen molar-refractivity contribution in [2.24, 2.45) is 0 Å². The van der Waals surface area contributed by atoms with E-state index >= 15 is 0 Å². The van der Waals surface area contributed by atoms with Gasteiger partial charge in [0.25, 0.3) is 0 Å². The number of nitrogens with zero attached hydrogens (tertiary/aromatic N) is 1. The zero-order valence-corrected chi connectivity index (χ0v) is 16.7. The van der Waals surface area contributed by atoms with E-state index in [1.54, 1.807) is 18.4 Å². The van der Waals surface area contributed by atoms with E-state index in [0.29, 0.717) is 19.6 Å². The molecule has 26 heavy (non-hydrogen) atoms. The van der Waals surface area contributed by atoms with Crippen LogP contribution < -0.4 is 10.6 Å². The number of amides is 2. The summed E-state index contributed by atoms with van der Waals surface area (Å²) in [6, 6.07) is 7.89. The monoisotopic (exact) mass is 373 g/mol. The van der Waals surface area contributed by atoms with Crippen molar-refractivity contribution >= 4 is 22.9 Å². The molecule has 2 aromatic rings. The highest BCUT2D eigenvalue weighted by Crippen LogP contribution is 2.23. The molecule has 1 heterocycles. The van der Waals surface area contributed by atoms with Crippen molar-refractivity contribution in [3.63, 3.8) is 0 Å². The van der Waals surface area contributed by atoms with Gasteiger partial charge in [0.1, 0.15) is 5.01 Å². The number of methoxy groups -OCH3 is 1. The van der Waals surface area contributed by atoms with Crippen molar-refractivity contribution in [2.75, 3.05) is 13.7 Å². The minimum Gasteiger partial charge on any atom is -0.378 e. The number of nitrogens with one attached hydrogen (secondary N) is 2. The lowest BCUT2D eigenvalue weighted by molar-refractivity contribution is 0.184. The second kappa shape index (κ2) is 8.96. The lowest BCUT2D eigenvalue weighted by Crippen LogP contribution is -2.46. The van der Waals surface area contributed by atoms with Crippen LogP contribution in [-0.2, 0) is 23.3 Å². The Morgan fingerprint density at radius 3 is 2.85 bits per heavy atom. The average molecular weight is 374 g/mol. The molecule has 2 amide bonds. The third-order valence-electron chi connectivity index (χ3n) is 4.04. The van der Waals surface area contributed by atoms with Gasteiger partial charge in [-0.25, -0.2) is 9.78 Å². The standard InChI is InChI=1S/C20H27N3O2S/c1-14(2)15-7-6-8-16(11-15)20(3,4)23-19(24)21-10-9-17-13-26-18(22-17)12-25-5/h6-8,11,13H,1,9-10,12H2,2-5H3,(H2,21,23,24). The van der Waals surface area contributed by atoms with Gasteiger partial charge in [-0.2, -0.15) is 0 Å². The van der Waals surface area contributed by atoms with Crippen LogP contribution in [0.5, 0.6) is 0 Å². The maximum Gasteiger partial charge on any atom is 0.315 e. The van der Waals surface area contributed by atoms with Gasteiger partial charge in [0, 0.05) is 25.5 Å².